The summed E-state index contributed by atoms with van der Waals surface area (Å²) in [5.74, 6) is -0.509. The Bertz CT molecular complexity index is 814. The normalized spacial score (nSPS) is 13.6. The van der Waals surface area contributed by atoms with Crippen molar-refractivity contribution in [3.05, 3.63) is 24.3 Å². The van der Waals surface area contributed by atoms with Gasteiger partial charge in [0, 0.05) is 0 Å². The van der Waals surface area contributed by atoms with Crippen molar-refractivity contribution in [1.82, 2.24) is 5.32 Å². The Morgan fingerprint density at radius 3 is 1.11 bits per heavy atom. The second-order valence-corrected chi connectivity index (χ2v) is 17.0. The molecule has 0 aromatic rings. The zero-order chi connectivity index (χ0) is 40.1. The van der Waals surface area contributed by atoms with Crippen LogP contribution in [0.2, 0.25) is 0 Å². The van der Waals surface area contributed by atoms with Gasteiger partial charge in [-0.15, -0.1) is 0 Å². The van der Waals surface area contributed by atoms with Crippen LogP contribution in [-0.2, 0) is 4.79 Å². The Balaban J connectivity index is 3.58. The predicted molar refractivity (Wildman–Crippen MR) is 241 cm³/mol. The Morgan fingerprint density at radius 1 is 0.436 bits per heavy atom. The highest BCUT2D eigenvalue weighted by Gasteiger charge is 2.22. The molecule has 0 aliphatic rings. The third-order valence-electron chi connectivity index (χ3n) is 11.5. The van der Waals surface area contributed by atoms with Crippen molar-refractivity contribution in [3.8, 4) is 0 Å². The summed E-state index contributed by atoms with van der Waals surface area (Å²) in [6.45, 7) is 4.19. The van der Waals surface area contributed by atoms with Gasteiger partial charge < -0.3 is 20.6 Å². The van der Waals surface area contributed by atoms with Crippen molar-refractivity contribution >= 4 is 5.91 Å². The molecular weight excluding hydrogens is 679 g/mol. The van der Waals surface area contributed by atoms with Crippen molar-refractivity contribution in [3.63, 3.8) is 0 Å². The maximum absolute atomic E-state index is 12.5. The van der Waals surface area contributed by atoms with Gasteiger partial charge in [-0.25, -0.2) is 0 Å². The molecule has 55 heavy (non-hydrogen) atoms. The van der Waals surface area contributed by atoms with E-state index in [0.717, 1.165) is 38.5 Å². The molecule has 0 saturated heterocycles. The van der Waals surface area contributed by atoms with Crippen LogP contribution < -0.4 is 5.32 Å². The third kappa shape index (κ3) is 40.8. The number of hydrogen-bond donors (Lipinski definition) is 4. The zero-order valence-electron chi connectivity index (χ0n) is 37.1. The number of amides is 1. The second kappa shape index (κ2) is 45.5. The molecule has 0 saturated carbocycles. The summed E-state index contributed by atoms with van der Waals surface area (Å²) in [7, 11) is 0. The van der Waals surface area contributed by atoms with Crippen LogP contribution in [0.15, 0.2) is 24.3 Å². The lowest BCUT2D eigenvalue weighted by molar-refractivity contribution is -0.131. The molecule has 0 aliphatic carbocycles. The van der Waals surface area contributed by atoms with E-state index in [1.54, 1.807) is 6.08 Å². The predicted octanol–water partition coefficient (Wildman–Crippen LogP) is 14.6. The van der Waals surface area contributed by atoms with E-state index in [9.17, 15) is 20.1 Å². The summed E-state index contributed by atoms with van der Waals surface area (Å²) in [5.41, 5.74) is 0. The van der Waals surface area contributed by atoms with Gasteiger partial charge in [0.05, 0.1) is 18.8 Å². The molecule has 4 N–H and O–H groups in total. The van der Waals surface area contributed by atoms with Crippen LogP contribution in [0.4, 0.5) is 0 Å². The molecule has 0 heterocycles. The first-order valence-corrected chi connectivity index (χ1v) is 24.7. The van der Waals surface area contributed by atoms with Gasteiger partial charge in [-0.2, -0.15) is 0 Å². The number of rotatable bonds is 45. The minimum Gasteiger partial charge on any atom is -0.394 e. The van der Waals surface area contributed by atoms with Gasteiger partial charge in [0.15, 0.2) is 0 Å². The standard InChI is InChI=1S/C50H97NO4/c1-3-5-7-9-11-13-15-17-19-20-21-22-23-24-25-26-27-28-29-31-33-35-37-39-41-43-45-49(54)50(55)51-47(46-52)48(53)44-42-40-38-36-34-32-30-18-16-14-12-10-8-6-4-2/h34,36,42,44,47-49,52-54H,3-33,35,37-41,43,45-46H2,1-2H3,(H,51,55)/b36-34+,44-42+. The Kier molecular flexibility index (Phi) is 44.6. The molecule has 326 valence electrons. The molecule has 0 spiro atoms. The molecule has 3 atom stereocenters. The molecule has 5 heteroatoms. The fraction of sp³-hybridized carbons (Fsp3) is 0.900. The molecule has 0 bridgehead atoms. The summed E-state index contributed by atoms with van der Waals surface area (Å²) in [6, 6.07) is -0.811. The maximum atomic E-state index is 12.5. The number of aliphatic hydroxyl groups is 3. The van der Waals surface area contributed by atoms with E-state index in [1.165, 1.54) is 205 Å². The Hall–Kier alpha value is -1.17. The smallest absolute Gasteiger partial charge is 0.249 e. The van der Waals surface area contributed by atoms with Gasteiger partial charge in [-0.3, -0.25) is 4.79 Å². The highest BCUT2D eigenvalue weighted by molar-refractivity contribution is 5.80. The summed E-state index contributed by atoms with van der Waals surface area (Å²) in [4.78, 5) is 12.5. The molecular formula is C50H97NO4. The van der Waals surface area contributed by atoms with Gasteiger partial charge in [0.25, 0.3) is 0 Å². The lowest BCUT2D eigenvalue weighted by Gasteiger charge is -2.21. The summed E-state index contributed by atoms with van der Waals surface area (Å²) < 4.78 is 0. The van der Waals surface area contributed by atoms with E-state index in [-0.39, 0.29) is 6.61 Å². The van der Waals surface area contributed by atoms with E-state index in [1.807, 2.05) is 6.08 Å². The van der Waals surface area contributed by atoms with Crippen LogP contribution in [0, 0.1) is 0 Å². The van der Waals surface area contributed by atoms with Gasteiger partial charge in [-0.1, -0.05) is 256 Å². The van der Waals surface area contributed by atoms with Crippen LogP contribution in [-0.4, -0.2) is 46.1 Å². The topological polar surface area (TPSA) is 89.8 Å². The van der Waals surface area contributed by atoms with Crippen LogP contribution in [0.25, 0.3) is 0 Å². The first kappa shape index (κ1) is 53.8. The quantitative estimate of drug-likeness (QED) is 0.0366. The summed E-state index contributed by atoms with van der Waals surface area (Å²) in [5, 5.41) is 33.2. The van der Waals surface area contributed by atoms with Gasteiger partial charge in [-0.05, 0) is 32.1 Å². The van der Waals surface area contributed by atoms with Gasteiger partial charge in [0.1, 0.15) is 6.10 Å². The number of unbranched alkanes of at least 4 members (excludes halogenated alkanes) is 35. The zero-order valence-corrected chi connectivity index (χ0v) is 37.1. The summed E-state index contributed by atoms with van der Waals surface area (Å²) >= 11 is 0. The maximum Gasteiger partial charge on any atom is 0.249 e. The number of hydrogen-bond acceptors (Lipinski definition) is 4. The Morgan fingerprint density at radius 2 is 0.745 bits per heavy atom. The molecule has 0 radical (unpaired) electrons. The molecule has 3 unspecified atom stereocenters. The van der Waals surface area contributed by atoms with Crippen molar-refractivity contribution < 1.29 is 20.1 Å². The monoisotopic (exact) mass is 776 g/mol. The minimum atomic E-state index is -1.10. The molecule has 0 aliphatic heterocycles. The van der Waals surface area contributed by atoms with Crippen molar-refractivity contribution in [2.45, 2.75) is 283 Å². The van der Waals surface area contributed by atoms with Crippen molar-refractivity contribution in [2.75, 3.05) is 6.61 Å². The first-order chi connectivity index (χ1) is 27.1. The third-order valence-corrected chi connectivity index (χ3v) is 11.5. The average Bonchev–Trinajstić information content (AvgIpc) is 3.19. The van der Waals surface area contributed by atoms with Gasteiger partial charge >= 0.3 is 0 Å². The Labute approximate surface area is 343 Å². The fourth-order valence-corrected chi connectivity index (χ4v) is 7.67. The first-order valence-electron chi connectivity index (χ1n) is 24.7. The summed E-state index contributed by atoms with van der Waals surface area (Å²) in [6.07, 6.45) is 56.6. The largest absolute Gasteiger partial charge is 0.394 e. The van der Waals surface area contributed by atoms with E-state index < -0.39 is 24.2 Å². The highest BCUT2D eigenvalue weighted by atomic mass is 16.3. The molecule has 1 amide bonds. The van der Waals surface area contributed by atoms with E-state index in [0.29, 0.717) is 6.42 Å². The number of carbonyl (C=O) groups excluding carboxylic acids is 1. The number of nitrogens with one attached hydrogen (secondary N) is 1. The highest BCUT2D eigenvalue weighted by Crippen LogP contribution is 2.17. The molecule has 0 rings (SSSR count). The minimum absolute atomic E-state index is 0.373. The van der Waals surface area contributed by atoms with Gasteiger partial charge in [0.2, 0.25) is 5.91 Å². The van der Waals surface area contributed by atoms with E-state index in [2.05, 4.69) is 31.3 Å². The molecule has 0 fully saturated rings. The molecule has 0 aromatic heterocycles. The second-order valence-electron chi connectivity index (χ2n) is 17.0. The average molecular weight is 776 g/mol. The van der Waals surface area contributed by atoms with Crippen LogP contribution in [0.1, 0.15) is 264 Å². The van der Waals surface area contributed by atoms with E-state index >= 15 is 0 Å². The lowest BCUT2D eigenvalue weighted by atomic mass is 10.0. The van der Waals surface area contributed by atoms with E-state index in [4.69, 9.17) is 0 Å². The lowest BCUT2D eigenvalue weighted by Crippen LogP contribution is -2.48. The van der Waals surface area contributed by atoms with Crippen molar-refractivity contribution in [1.29, 1.82) is 0 Å². The van der Waals surface area contributed by atoms with Crippen LogP contribution in [0.5, 0.6) is 0 Å². The van der Waals surface area contributed by atoms with Crippen LogP contribution in [0.3, 0.4) is 0 Å². The number of carbonyl (C=O) groups is 1. The molecule has 5 nitrogen and oxygen atoms in total. The molecule has 0 aromatic carbocycles. The SMILES string of the molecule is CCCCCCCCCCC/C=C/CC/C=C/C(O)C(CO)NC(=O)C(O)CCCCCCCCCCCCCCCCCCCCCCCCCCCC. The number of allylic oxidation sites excluding steroid dienone is 3. The number of aliphatic hydroxyl groups excluding tert-OH is 3. The van der Waals surface area contributed by atoms with Crippen molar-refractivity contribution in [2.24, 2.45) is 0 Å². The fourth-order valence-electron chi connectivity index (χ4n) is 7.67. The van der Waals surface area contributed by atoms with Crippen LogP contribution >= 0.6 is 0 Å².